The molecule has 0 amide bonds. The zero-order valence-electron chi connectivity index (χ0n) is 8.17. The maximum absolute atomic E-state index is 11.5. The maximum Gasteiger partial charge on any atom is 0.165 e. The van der Waals surface area contributed by atoms with Gasteiger partial charge in [0.2, 0.25) is 0 Å². The number of alkyl halides is 1. The molecule has 1 aliphatic rings. The van der Waals surface area contributed by atoms with Crippen LogP contribution in [0.15, 0.2) is 0 Å². The molecule has 1 fully saturated rings. The van der Waals surface area contributed by atoms with Crippen LogP contribution in [0.4, 0.5) is 0 Å². The van der Waals surface area contributed by atoms with Gasteiger partial charge in [0.15, 0.2) is 11.6 Å². The molecule has 13 heavy (non-hydrogen) atoms. The van der Waals surface area contributed by atoms with E-state index in [1.807, 2.05) is 6.92 Å². The lowest BCUT2D eigenvalue weighted by molar-refractivity contribution is -0.154. The molecule has 0 aliphatic carbocycles. The van der Waals surface area contributed by atoms with Crippen LogP contribution in [-0.2, 0) is 14.3 Å². The predicted molar refractivity (Wildman–Crippen MR) is 49.8 cm³/mol. The fourth-order valence-corrected chi connectivity index (χ4v) is 1.69. The average Bonchev–Trinajstić information content (AvgIpc) is 2.25. The third-order valence-electron chi connectivity index (χ3n) is 1.97. The highest BCUT2D eigenvalue weighted by molar-refractivity contribution is 6.19. The number of carbonyl (C=O) groups is 1. The highest BCUT2D eigenvalue weighted by Crippen LogP contribution is 2.28. The standard InChI is InChI=1S/C9H15ClO3/c1-6-8(7(11)4-5-10)13-9(2,3)12-6/h6,8H,4-5H2,1-3H3/t6-,8-/m0/s1. The van der Waals surface area contributed by atoms with Crippen LogP contribution in [0.1, 0.15) is 27.2 Å². The Morgan fingerprint density at radius 3 is 2.46 bits per heavy atom. The third kappa shape index (κ3) is 2.66. The van der Waals surface area contributed by atoms with E-state index in [1.54, 1.807) is 13.8 Å². The van der Waals surface area contributed by atoms with E-state index in [4.69, 9.17) is 21.1 Å². The van der Waals surface area contributed by atoms with Crippen LogP contribution in [0.5, 0.6) is 0 Å². The molecule has 1 saturated heterocycles. The second kappa shape index (κ2) is 3.95. The minimum atomic E-state index is -0.647. The van der Waals surface area contributed by atoms with Gasteiger partial charge in [-0.2, -0.15) is 0 Å². The Labute approximate surface area is 83.3 Å². The zero-order valence-corrected chi connectivity index (χ0v) is 8.93. The molecule has 0 unspecified atom stereocenters. The number of ketones is 1. The molecule has 0 spiro atoms. The molecule has 1 heterocycles. The number of ether oxygens (including phenoxy) is 2. The van der Waals surface area contributed by atoms with E-state index in [9.17, 15) is 4.79 Å². The van der Waals surface area contributed by atoms with E-state index in [0.29, 0.717) is 12.3 Å². The number of carbonyl (C=O) groups excluding carboxylic acids is 1. The Balaban J connectivity index is 2.57. The summed E-state index contributed by atoms with van der Waals surface area (Å²) in [6.07, 6.45) is -0.282. The van der Waals surface area contributed by atoms with Crippen LogP contribution in [-0.4, -0.2) is 29.7 Å². The summed E-state index contributed by atoms with van der Waals surface area (Å²) in [6.45, 7) is 5.44. The molecule has 3 nitrogen and oxygen atoms in total. The first-order valence-electron chi connectivity index (χ1n) is 4.40. The average molecular weight is 207 g/mol. The van der Waals surface area contributed by atoms with Gasteiger partial charge in [0.25, 0.3) is 0 Å². The molecule has 4 heteroatoms. The van der Waals surface area contributed by atoms with Gasteiger partial charge >= 0.3 is 0 Å². The van der Waals surface area contributed by atoms with Crippen molar-refractivity contribution in [3.8, 4) is 0 Å². The van der Waals surface area contributed by atoms with Crippen LogP contribution < -0.4 is 0 Å². The summed E-state index contributed by atoms with van der Waals surface area (Å²) in [5.74, 6) is -0.286. The first-order chi connectivity index (χ1) is 5.96. The molecule has 1 aliphatic heterocycles. The van der Waals surface area contributed by atoms with E-state index in [0.717, 1.165) is 0 Å². The number of hydrogen-bond donors (Lipinski definition) is 0. The minimum Gasteiger partial charge on any atom is -0.344 e. The van der Waals surface area contributed by atoms with Crippen molar-refractivity contribution in [1.29, 1.82) is 0 Å². The smallest absolute Gasteiger partial charge is 0.165 e. The van der Waals surface area contributed by atoms with E-state index in [1.165, 1.54) is 0 Å². The SMILES string of the molecule is C[C@@H]1OC(C)(C)O[C@@H]1C(=O)CCCl. The van der Waals surface area contributed by atoms with Crippen molar-refractivity contribution >= 4 is 17.4 Å². The van der Waals surface area contributed by atoms with Gasteiger partial charge < -0.3 is 9.47 Å². The highest BCUT2D eigenvalue weighted by Gasteiger charge is 2.41. The molecular formula is C9H15ClO3. The fraction of sp³-hybridized carbons (Fsp3) is 0.889. The topological polar surface area (TPSA) is 35.5 Å². The minimum absolute atomic E-state index is 0.0214. The molecule has 0 radical (unpaired) electrons. The van der Waals surface area contributed by atoms with E-state index < -0.39 is 11.9 Å². The Bertz CT molecular complexity index is 203. The summed E-state index contributed by atoms with van der Waals surface area (Å²) in [4.78, 5) is 11.5. The fourth-order valence-electron chi connectivity index (χ4n) is 1.50. The molecule has 0 saturated carbocycles. The van der Waals surface area contributed by atoms with E-state index >= 15 is 0 Å². The molecule has 0 aromatic rings. The Hall–Kier alpha value is -0.120. The van der Waals surface area contributed by atoms with Crippen LogP contribution in [0.25, 0.3) is 0 Å². The van der Waals surface area contributed by atoms with Gasteiger partial charge in [0, 0.05) is 12.3 Å². The number of rotatable bonds is 3. The van der Waals surface area contributed by atoms with Gasteiger partial charge in [-0.25, -0.2) is 0 Å². The van der Waals surface area contributed by atoms with Crippen molar-refractivity contribution in [2.45, 2.75) is 45.2 Å². The van der Waals surface area contributed by atoms with Crippen molar-refractivity contribution in [3.05, 3.63) is 0 Å². The highest BCUT2D eigenvalue weighted by atomic mass is 35.5. The molecule has 2 atom stereocenters. The molecule has 0 aromatic carbocycles. The van der Waals surface area contributed by atoms with E-state index in [2.05, 4.69) is 0 Å². The molecule has 76 valence electrons. The van der Waals surface area contributed by atoms with Crippen LogP contribution in [0.3, 0.4) is 0 Å². The lowest BCUT2D eigenvalue weighted by Crippen LogP contribution is -2.30. The second-order valence-electron chi connectivity index (χ2n) is 3.67. The first-order valence-corrected chi connectivity index (χ1v) is 4.94. The van der Waals surface area contributed by atoms with Gasteiger partial charge in [0.1, 0.15) is 6.10 Å². The van der Waals surface area contributed by atoms with Crippen molar-refractivity contribution in [2.24, 2.45) is 0 Å². The largest absolute Gasteiger partial charge is 0.344 e. The molecule has 0 bridgehead atoms. The van der Waals surface area contributed by atoms with Gasteiger partial charge in [0.05, 0.1) is 6.10 Å². The Morgan fingerprint density at radius 2 is 2.08 bits per heavy atom. The first kappa shape index (κ1) is 11.0. The zero-order chi connectivity index (χ0) is 10.1. The lowest BCUT2D eigenvalue weighted by atomic mass is 10.1. The molecule has 0 aromatic heterocycles. The van der Waals surface area contributed by atoms with Crippen molar-refractivity contribution in [3.63, 3.8) is 0 Å². The molecule has 1 rings (SSSR count). The summed E-state index contributed by atoms with van der Waals surface area (Å²) >= 11 is 5.48. The van der Waals surface area contributed by atoms with Gasteiger partial charge in [-0.1, -0.05) is 0 Å². The molecular weight excluding hydrogens is 192 g/mol. The van der Waals surface area contributed by atoms with Crippen LogP contribution >= 0.6 is 11.6 Å². The van der Waals surface area contributed by atoms with Gasteiger partial charge in [-0.05, 0) is 20.8 Å². The summed E-state index contributed by atoms with van der Waals surface area (Å²) in [6, 6.07) is 0. The third-order valence-corrected chi connectivity index (χ3v) is 2.15. The lowest BCUT2D eigenvalue weighted by Gasteiger charge is -2.16. The van der Waals surface area contributed by atoms with Crippen LogP contribution in [0.2, 0.25) is 0 Å². The van der Waals surface area contributed by atoms with Gasteiger partial charge in [-0.3, -0.25) is 4.79 Å². The predicted octanol–water partition coefficient (Wildman–Crippen LogP) is 1.72. The number of Topliss-reactive ketones (excluding diaryl/α,β-unsaturated/α-hetero) is 1. The number of halogens is 1. The summed E-state index contributed by atoms with van der Waals surface area (Å²) in [7, 11) is 0. The molecule has 0 N–H and O–H groups in total. The van der Waals surface area contributed by atoms with Crippen molar-refractivity contribution < 1.29 is 14.3 Å². The maximum atomic E-state index is 11.5. The van der Waals surface area contributed by atoms with Crippen LogP contribution in [0, 0.1) is 0 Å². The quantitative estimate of drug-likeness (QED) is 0.660. The van der Waals surface area contributed by atoms with E-state index in [-0.39, 0.29) is 11.9 Å². The summed E-state index contributed by atoms with van der Waals surface area (Å²) in [5, 5.41) is 0. The van der Waals surface area contributed by atoms with Gasteiger partial charge in [-0.15, -0.1) is 11.6 Å². The van der Waals surface area contributed by atoms with Crippen molar-refractivity contribution in [2.75, 3.05) is 5.88 Å². The van der Waals surface area contributed by atoms with Crippen molar-refractivity contribution in [1.82, 2.24) is 0 Å². The monoisotopic (exact) mass is 206 g/mol. The summed E-state index contributed by atoms with van der Waals surface area (Å²) < 4.78 is 10.9. The number of hydrogen-bond acceptors (Lipinski definition) is 3. The Kier molecular flexibility index (Phi) is 3.33. The Morgan fingerprint density at radius 1 is 1.46 bits per heavy atom. The normalized spacial score (nSPS) is 32.0. The summed E-state index contributed by atoms with van der Waals surface area (Å²) in [5.41, 5.74) is 0. The second-order valence-corrected chi connectivity index (χ2v) is 4.04.